The fraction of sp³-hybridized carbons (Fsp3) is 1.00. The van der Waals surface area contributed by atoms with Crippen LogP contribution in [-0.4, -0.2) is 18.5 Å². The predicted octanol–water partition coefficient (Wildman–Crippen LogP) is 0.362. The molecule has 6 heteroatoms. The van der Waals surface area contributed by atoms with Gasteiger partial charge in [-0.25, -0.2) is 12.8 Å². The third kappa shape index (κ3) is 13.7. The number of halogens is 1. The third-order valence-corrected chi connectivity index (χ3v) is 3.46. The Labute approximate surface area is 147 Å². The average molecular weight is 292 g/mol. The first kappa shape index (κ1) is 20.8. The van der Waals surface area contributed by atoms with Gasteiger partial charge in [-0.2, -0.15) is 0 Å². The molecule has 0 rings (SSSR count). The van der Waals surface area contributed by atoms with E-state index in [9.17, 15) is 17.4 Å². The molecule has 0 saturated carbocycles. The van der Waals surface area contributed by atoms with Crippen LogP contribution in [0.4, 0.5) is 4.39 Å². The molecule has 17 heavy (non-hydrogen) atoms. The minimum absolute atomic E-state index is 0. The van der Waals surface area contributed by atoms with Crippen LogP contribution >= 0.6 is 0 Å². The van der Waals surface area contributed by atoms with E-state index in [1.54, 1.807) is 0 Å². The van der Waals surface area contributed by atoms with Gasteiger partial charge in [0.05, 0.1) is 0 Å². The Hall–Kier alpha value is 1.48. The van der Waals surface area contributed by atoms with Gasteiger partial charge in [-0.05, 0) is 12.8 Å². The smallest absolute Gasteiger partial charge is 0.746 e. The summed E-state index contributed by atoms with van der Waals surface area (Å²) in [6.45, 7) is 2.16. The quantitative estimate of drug-likeness (QED) is 0.332. The molecule has 0 amide bonds. The summed E-state index contributed by atoms with van der Waals surface area (Å²) in [5, 5.41) is 0. The molecule has 0 spiro atoms. The molecule has 0 saturated heterocycles. The van der Waals surface area contributed by atoms with E-state index in [1.807, 2.05) is 0 Å². The second-order valence-electron chi connectivity index (χ2n) is 4.17. The van der Waals surface area contributed by atoms with Gasteiger partial charge < -0.3 is 4.55 Å². The summed E-state index contributed by atoms with van der Waals surface area (Å²) in [6, 6.07) is 0. The third-order valence-electron chi connectivity index (χ3n) is 2.60. The van der Waals surface area contributed by atoms with Crippen LogP contribution in [-0.2, 0) is 10.1 Å². The minimum atomic E-state index is -4.72. The van der Waals surface area contributed by atoms with Crippen LogP contribution in [0.3, 0.4) is 0 Å². The van der Waals surface area contributed by atoms with Gasteiger partial charge in [-0.3, -0.25) is 0 Å². The van der Waals surface area contributed by atoms with Crippen LogP contribution in [0.25, 0.3) is 0 Å². The van der Waals surface area contributed by atoms with Gasteiger partial charge >= 0.3 is 51.4 Å². The molecule has 0 radical (unpaired) electrons. The molecule has 3 nitrogen and oxygen atoms in total. The fourth-order valence-electron chi connectivity index (χ4n) is 1.58. The number of rotatable bonds is 10. The van der Waals surface area contributed by atoms with Gasteiger partial charge in [-0.1, -0.05) is 51.9 Å². The largest absolute Gasteiger partial charge is 1.00 e. The van der Waals surface area contributed by atoms with E-state index in [0.717, 1.165) is 19.3 Å². The normalized spacial score (nSPS) is 13.1. The van der Waals surface area contributed by atoms with Crippen LogP contribution in [0.15, 0.2) is 0 Å². The Morgan fingerprint density at radius 1 is 1.00 bits per heavy atom. The van der Waals surface area contributed by atoms with Gasteiger partial charge in [0.1, 0.15) is 10.1 Å². The molecule has 1 unspecified atom stereocenters. The van der Waals surface area contributed by atoms with Gasteiger partial charge in [0.15, 0.2) is 5.50 Å². The van der Waals surface area contributed by atoms with Crippen molar-refractivity contribution in [2.24, 2.45) is 0 Å². The Morgan fingerprint density at radius 2 is 1.41 bits per heavy atom. The van der Waals surface area contributed by atoms with Gasteiger partial charge in [0, 0.05) is 0 Å². The number of unbranched alkanes of at least 4 members (excludes halogenated alkanes) is 7. The van der Waals surface area contributed by atoms with Crippen LogP contribution < -0.4 is 51.4 Å². The minimum Gasteiger partial charge on any atom is -0.746 e. The van der Waals surface area contributed by atoms with Crippen LogP contribution in [0.2, 0.25) is 0 Å². The first-order valence-corrected chi connectivity index (χ1v) is 7.54. The van der Waals surface area contributed by atoms with Crippen molar-refractivity contribution in [1.29, 1.82) is 0 Å². The SMILES string of the molecule is CCCCCCCCCCC(F)S(=O)(=O)[O-].[K+]. The summed E-state index contributed by atoms with van der Waals surface area (Å²) in [7, 11) is -4.72. The van der Waals surface area contributed by atoms with Crippen molar-refractivity contribution < 1.29 is 68.7 Å². The summed E-state index contributed by atoms with van der Waals surface area (Å²) >= 11 is 0. The molecule has 0 N–H and O–H groups in total. The van der Waals surface area contributed by atoms with Crippen molar-refractivity contribution in [3.63, 3.8) is 0 Å². The summed E-state index contributed by atoms with van der Waals surface area (Å²) in [5.74, 6) is 0. The zero-order valence-electron chi connectivity index (χ0n) is 11.0. The number of alkyl halides is 1. The molecule has 0 bridgehead atoms. The average Bonchev–Trinajstić information content (AvgIpc) is 2.20. The monoisotopic (exact) mass is 292 g/mol. The predicted molar refractivity (Wildman–Crippen MR) is 61.8 cm³/mol. The molecule has 0 aromatic carbocycles. The molecule has 0 aliphatic carbocycles. The van der Waals surface area contributed by atoms with Crippen LogP contribution in [0.5, 0.6) is 0 Å². The molecule has 0 aliphatic rings. The van der Waals surface area contributed by atoms with E-state index in [4.69, 9.17) is 0 Å². The Morgan fingerprint density at radius 3 is 1.82 bits per heavy atom. The maximum Gasteiger partial charge on any atom is 1.00 e. The summed E-state index contributed by atoms with van der Waals surface area (Å²) in [5.41, 5.74) is -2.22. The van der Waals surface area contributed by atoms with E-state index >= 15 is 0 Å². The van der Waals surface area contributed by atoms with E-state index < -0.39 is 15.6 Å². The van der Waals surface area contributed by atoms with Crippen LogP contribution in [0, 0.1) is 0 Å². The molecule has 0 aromatic rings. The Kier molecular flexibility index (Phi) is 15.3. The molecular weight excluding hydrogens is 270 g/mol. The van der Waals surface area contributed by atoms with Crippen molar-refractivity contribution in [2.75, 3.05) is 0 Å². The maximum absolute atomic E-state index is 12.7. The molecule has 98 valence electrons. The van der Waals surface area contributed by atoms with Gasteiger partial charge in [0.25, 0.3) is 0 Å². The molecule has 1 atom stereocenters. The van der Waals surface area contributed by atoms with E-state index in [2.05, 4.69) is 6.92 Å². The summed E-state index contributed by atoms with van der Waals surface area (Å²) in [4.78, 5) is 0. The molecule has 0 heterocycles. The van der Waals surface area contributed by atoms with Crippen molar-refractivity contribution in [3.05, 3.63) is 0 Å². The van der Waals surface area contributed by atoms with Crippen molar-refractivity contribution in [1.82, 2.24) is 0 Å². The first-order chi connectivity index (χ1) is 7.48. The first-order valence-electron chi connectivity index (χ1n) is 6.07. The summed E-state index contributed by atoms with van der Waals surface area (Å²) < 4.78 is 43.4. The van der Waals surface area contributed by atoms with Crippen molar-refractivity contribution in [2.45, 2.75) is 70.2 Å². The standard InChI is InChI=1S/C11H23FO3S.K/c1-2-3-4-5-6-7-8-9-10-11(12)16(13,14)15;/h11H,2-10H2,1H3,(H,13,14,15);/q;+1/p-1. The fourth-order valence-corrected chi connectivity index (χ4v) is 2.04. The Balaban J connectivity index is 0. The second-order valence-corrected chi connectivity index (χ2v) is 5.66. The van der Waals surface area contributed by atoms with Gasteiger partial charge in [-0.15, -0.1) is 0 Å². The molecular formula is C11H22FKO3S. The zero-order chi connectivity index (χ0) is 12.4. The van der Waals surface area contributed by atoms with E-state index in [0.29, 0.717) is 6.42 Å². The van der Waals surface area contributed by atoms with E-state index in [1.165, 1.54) is 25.7 Å². The molecule has 0 fully saturated rings. The summed E-state index contributed by atoms with van der Waals surface area (Å²) in [6.07, 6.45) is 8.13. The van der Waals surface area contributed by atoms with Crippen LogP contribution in [0.1, 0.15) is 64.7 Å². The Bertz CT molecular complexity index is 257. The second kappa shape index (κ2) is 12.5. The number of hydrogen-bond acceptors (Lipinski definition) is 3. The molecule has 0 aliphatic heterocycles. The number of hydrogen-bond donors (Lipinski definition) is 0. The zero-order valence-corrected chi connectivity index (χ0v) is 14.9. The maximum atomic E-state index is 12.7. The topological polar surface area (TPSA) is 57.2 Å². The van der Waals surface area contributed by atoms with Gasteiger partial charge in [0.2, 0.25) is 0 Å². The van der Waals surface area contributed by atoms with Crippen molar-refractivity contribution in [3.8, 4) is 0 Å². The van der Waals surface area contributed by atoms with Crippen molar-refractivity contribution >= 4 is 10.1 Å². The molecule has 0 aromatic heterocycles. The van der Waals surface area contributed by atoms with E-state index in [-0.39, 0.29) is 57.8 Å².